The fourth-order valence-corrected chi connectivity index (χ4v) is 4.32. The third-order valence-corrected chi connectivity index (χ3v) is 5.87. The van der Waals surface area contributed by atoms with Crippen molar-refractivity contribution < 1.29 is 19.4 Å². The number of amides is 1. The predicted octanol–water partition coefficient (Wildman–Crippen LogP) is 3.78. The first-order valence-corrected chi connectivity index (χ1v) is 10.5. The molecule has 0 radical (unpaired) electrons. The van der Waals surface area contributed by atoms with Crippen molar-refractivity contribution in [3.63, 3.8) is 0 Å². The standard InChI is InChI=1S/C21H23ClN2O4S/c1-4-28-15-8-7-13(12-14(15)22)19(25)17-18(16-6-5-11-29-16)24(10-9-23(2)3)21(27)20(17)26/h5-8,11-12,18,25H,4,9-10H2,1-3H3/t18-/m1/s1. The molecular formula is C21H23ClN2O4S. The van der Waals surface area contributed by atoms with Crippen LogP contribution in [0.15, 0.2) is 41.3 Å². The Labute approximate surface area is 179 Å². The molecule has 3 rings (SSSR count). The maximum Gasteiger partial charge on any atom is 0.295 e. The van der Waals surface area contributed by atoms with Crippen molar-refractivity contribution in [1.82, 2.24) is 9.80 Å². The summed E-state index contributed by atoms with van der Waals surface area (Å²) in [6.45, 7) is 3.28. The van der Waals surface area contributed by atoms with E-state index in [4.69, 9.17) is 16.3 Å². The van der Waals surface area contributed by atoms with Crippen molar-refractivity contribution in [2.45, 2.75) is 13.0 Å². The van der Waals surface area contributed by atoms with Crippen molar-refractivity contribution in [2.75, 3.05) is 33.8 Å². The number of ether oxygens (including phenoxy) is 1. The predicted molar refractivity (Wildman–Crippen MR) is 115 cm³/mol. The molecule has 0 spiro atoms. The molecule has 0 aliphatic carbocycles. The van der Waals surface area contributed by atoms with Crippen LogP contribution in [0.4, 0.5) is 0 Å². The minimum Gasteiger partial charge on any atom is -0.507 e. The van der Waals surface area contributed by atoms with Crippen LogP contribution in [-0.2, 0) is 9.59 Å². The molecule has 1 aromatic carbocycles. The molecule has 1 aliphatic heterocycles. The normalized spacial score (nSPS) is 18.7. The number of aliphatic hydroxyl groups is 1. The van der Waals surface area contributed by atoms with Crippen LogP contribution in [0.1, 0.15) is 23.4 Å². The third-order valence-electron chi connectivity index (χ3n) is 4.65. The number of aliphatic hydroxyl groups excluding tert-OH is 1. The number of benzene rings is 1. The van der Waals surface area contributed by atoms with E-state index < -0.39 is 17.7 Å². The van der Waals surface area contributed by atoms with Crippen molar-refractivity contribution >= 4 is 40.4 Å². The van der Waals surface area contributed by atoms with Gasteiger partial charge in [-0.2, -0.15) is 0 Å². The number of halogens is 1. The summed E-state index contributed by atoms with van der Waals surface area (Å²) >= 11 is 7.69. The van der Waals surface area contributed by atoms with Gasteiger partial charge >= 0.3 is 0 Å². The van der Waals surface area contributed by atoms with Gasteiger partial charge in [0.25, 0.3) is 11.7 Å². The van der Waals surface area contributed by atoms with Gasteiger partial charge in [-0.1, -0.05) is 17.7 Å². The van der Waals surface area contributed by atoms with Gasteiger partial charge in [0.2, 0.25) is 0 Å². The van der Waals surface area contributed by atoms with Crippen LogP contribution >= 0.6 is 22.9 Å². The zero-order chi connectivity index (χ0) is 21.1. The Kier molecular flexibility index (Phi) is 6.62. The Morgan fingerprint density at radius 2 is 2.07 bits per heavy atom. The van der Waals surface area contributed by atoms with Gasteiger partial charge in [-0.05, 0) is 50.7 Å². The lowest BCUT2D eigenvalue weighted by molar-refractivity contribution is -0.140. The Hall–Kier alpha value is -2.35. The molecule has 1 atom stereocenters. The van der Waals surface area contributed by atoms with Crippen molar-refractivity contribution in [3.05, 3.63) is 56.7 Å². The van der Waals surface area contributed by atoms with E-state index in [1.807, 2.05) is 43.4 Å². The Bertz CT molecular complexity index is 940. The van der Waals surface area contributed by atoms with E-state index in [2.05, 4.69) is 0 Å². The second-order valence-electron chi connectivity index (χ2n) is 6.89. The van der Waals surface area contributed by atoms with Gasteiger partial charge in [-0.15, -0.1) is 11.3 Å². The number of carbonyl (C=O) groups is 2. The first-order chi connectivity index (χ1) is 13.8. The van der Waals surface area contributed by atoms with Gasteiger partial charge in [-0.25, -0.2) is 0 Å². The Balaban J connectivity index is 2.08. The summed E-state index contributed by atoms with van der Waals surface area (Å²) in [6, 6.07) is 7.91. The first kappa shape index (κ1) is 21.4. The first-order valence-electron chi connectivity index (χ1n) is 9.24. The molecule has 0 unspecified atom stereocenters. The number of likely N-dealkylation sites (N-methyl/N-ethyl adjacent to an activating group) is 1. The summed E-state index contributed by atoms with van der Waals surface area (Å²) in [4.78, 5) is 29.9. The van der Waals surface area contributed by atoms with Gasteiger partial charge in [0, 0.05) is 23.5 Å². The van der Waals surface area contributed by atoms with Gasteiger partial charge in [0.05, 0.1) is 23.2 Å². The fraction of sp³-hybridized carbons (Fsp3) is 0.333. The highest BCUT2D eigenvalue weighted by Crippen LogP contribution is 2.41. The number of hydrogen-bond acceptors (Lipinski definition) is 6. The fourth-order valence-electron chi connectivity index (χ4n) is 3.24. The Morgan fingerprint density at radius 1 is 1.31 bits per heavy atom. The molecular weight excluding hydrogens is 412 g/mol. The lowest BCUT2D eigenvalue weighted by atomic mass is 10.00. The minimum atomic E-state index is -0.690. The molecule has 6 nitrogen and oxygen atoms in total. The molecule has 1 fully saturated rings. The van der Waals surface area contributed by atoms with Gasteiger partial charge in [0.15, 0.2) is 0 Å². The summed E-state index contributed by atoms with van der Waals surface area (Å²) in [5, 5.41) is 13.2. The molecule has 154 valence electrons. The molecule has 2 heterocycles. The molecule has 29 heavy (non-hydrogen) atoms. The van der Waals surface area contributed by atoms with Crippen LogP contribution < -0.4 is 4.74 Å². The second kappa shape index (κ2) is 8.98. The van der Waals surface area contributed by atoms with E-state index in [9.17, 15) is 14.7 Å². The van der Waals surface area contributed by atoms with E-state index in [1.54, 1.807) is 18.2 Å². The molecule has 0 saturated carbocycles. The Morgan fingerprint density at radius 3 is 2.66 bits per heavy atom. The zero-order valence-corrected chi connectivity index (χ0v) is 18.1. The number of hydrogen-bond donors (Lipinski definition) is 1. The van der Waals surface area contributed by atoms with Crippen LogP contribution in [0.5, 0.6) is 5.75 Å². The molecule has 1 N–H and O–H groups in total. The SMILES string of the molecule is CCOc1ccc(C(O)=C2C(=O)C(=O)N(CCN(C)C)[C@@H]2c2cccs2)cc1Cl. The maximum atomic E-state index is 12.9. The number of rotatable bonds is 7. The van der Waals surface area contributed by atoms with Gasteiger partial charge in [0.1, 0.15) is 11.5 Å². The van der Waals surface area contributed by atoms with Crippen molar-refractivity contribution in [1.29, 1.82) is 0 Å². The molecule has 1 saturated heterocycles. The lowest BCUT2D eigenvalue weighted by Crippen LogP contribution is -2.35. The molecule has 1 amide bonds. The van der Waals surface area contributed by atoms with E-state index >= 15 is 0 Å². The van der Waals surface area contributed by atoms with Crippen LogP contribution in [0, 0.1) is 0 Å². The van der Waals surface area contributed by atoms with E-state index in [0.717, 1.165) is 4.88 Å². The maximum absolute atomic E-state index is 12.9. The molecule has 0 bridgehead atoms. The van der Waals surface area contributed by atoms with Crippen molar-refractivity contribution in [2.24, 2.45) is 0 Å². The van der Waals surface area contributed by atoms with Crippen LogP contribution in [-0.4, -0.2) is 60.4 Å². The smallest absolute Gasteiger partial charge is 0.295 e. The average molecular weight is 435 g/mol. The highest BCUT2D eigenvalue weighted by molar-refractivity contribution is 7.10. The number of ketones is 1. The van der Waals surface area contributed by atoms with E-state index in [0.29, 0.717) is 36.0 Å². The summed E-state index contributed by atoms with van der Waals surface area (Å²) in [6.07, 6.45) is 0. The zero-order valence-electron chi connectivity index (χ0n) is 16.5. The van der Waals surface area contributed by atoms with Crippen LogP contribution in [0.3, 0.4) is 0 Å². The summed E-state index contributed by atoms with van der Waals surface area (Å²) < 4.78 is 5.42. The third kappa shape index (κ3) is 4.32. The highest BCUT2D eigenvalue weighted by Gasteiger charge is 2.46. The number of Topliss-reactive ketones (excluding diaryl/α,β-unsaturated/α-hetero) is 1. The topological polar surface area (TPSA) is 70.1 Å². The average Bonchev–Trinajstić information content (AvgIpc) is 3.29. The monoisotopic (exact) mass is 434 g/mol. The molecule has 2 aromatic rings. The number of carbonyl (C=O) groups excluding carboxylic acids is 2. The highest BCUT2D eigenvalue weighted by atomic mass is 35.5. The summed E-state index contributed by atoms with van der Waals surface area (Å²) in [5.41, 5.74) is 0.446. The van der Waals surface area contributed by atoms with E-state index in [1.165, 1.54) is 16.2 Å². The number of nitrogens with zero attached hydrogens (tertiary/aromatic N) is 2. The summed E-state index contributed by atoms with van der Waals surface area (Å²) in [7, 11) is 3.80. The molecule has 8 heteroatoms. The number of likely N-dealkylation sites (tertiary alicyclic amines) is 1. The van der Waals surface area contributed by atoms with E-state index in [-0.39, 0.29) is 11.3 Å². The molecule has 1 aromatic heterocycles. The second-order valence-corrected chi connectivity index (χ2v) is 8.28. The minimum absolute atomic E-state index is 0.0800. The summed E-state index contributed by atoms with van der Waals surface area (Å²) in [5.74, 6) is -1.04. The van der Waals surface area contributed by atoms with Crippen LogP contribution in [0.25, 0.3) is 5.76 Å². The van der Waals surface area contributed by atoms with Crippen molar-refractivity contribution in [3.8, 4) is 5.75 Å². The van der Waals surface area contributed by atoms with Gasteiger partial charge < -0.3 is 19.6 Å². The molecule has 1 aliphatic rings. The van der Waals surface area contributed by atoms with Gasteiger partial charge in [-0.3, -0.25) is 9.59 Å². The quantitative estimate of drug-likeness (QED) is 0.408. The lowest BCUT2D eigenvalue weighted by Gasteiger charge is -2.25. The number of thiophene rings is 1. The van der Waals surface area contributed by atoms with Crippen LogP contribution in [0.2, 0.25) is 5.02 Å². The largest absolute Gasteiger partial charge is 0.507 e.